The second-order valence-electron chi connectivity index (χ2n) is 5.10. The van der Waals surface area contributed by atoms with E-state index >= 15 is 0 Å². The van der Waals surface area contributed by atoms with Crippen molar-refractivity contribution >= 4 is 11.6 Å². The van der Waals surface area contributed by atoms with E-state index in [0.717, 1.165) is 6.07 Å². The lowest BCUT2D eigenvalue weighted by atomic mass is 9.97. The zero-order valence-electron chi connectivity index (χ0n) is 11.7. The molecule has 1 rings (SSSR count). The van der Waals surface area contributed by atoms with E-state index in [1.807, 2.05) is 13.8 Å². The summed E-state index contributed by atoms with van der Waals surface area (Å²) < 4.78 is 38.6. The van der Waals surface area contributed by atoms with Gasteiger partial charge in [0.25, 0.3) is 0 Å². The van der Waals surface area contributed by atoms with Crippen molar-refractivity contribution in [2.75, 3.05) is 5.32 Å². The lowest BCUT2D eigenvalue weighted by Crippen LogP contribution is -2.24. The number of hydrogen-bond acceptors (Lipinski definition) is 2. The first-order valence-corrected chi connectivity index (χ1v) is 6.37. The van der Waals surface area contributed by atoms with Gasteiger partial charge in [0.15, 0.2) is 0 Å². The smallest absolute Gasteiger partial charge is 0.326 e. The molecule has 1 atom stereocenters. The number of amides is 1. The average molecular weight is 288 g/mol. The Morgan fingerprint density at radius 2 is 1.90 bits per heavy atom. The first-order chi connectivity index (χ1) is 9.16. The number of alkyl halides is 3. The zero-order valence-corrected chi connectivity index (χ0v) is 11.7. The number of carbonyl (C=O) groups excluding carboxylic acids is 1. The number of benzene rings is 1. The Bertz CT molecular complexity index is 484. The molecule has 0 radical (unpaired) electrons. The maximum atomic E-state index is 12.9. The molecule has 1 amide bonds. The van der Waals surface area contributed by atoms with Crippen molar-refractivity contribution in [3.8, 4) is 0 Å². The van der Waals surface area contributed by atoms with Crippen LogP contribution in [-0.2, 0) is 17.5 Å². The molecule has 0 saturated carbocycles. The number of rotatable bonds is 4. The van der Waals surface area contributed by atoms with E-state index in [4.69, 9.17) is 5.73 Å². The van der Waals surface area contributed by atoms with Gasteiger partial charge in [0.2, 0.25) is 5.91 Å². The molecule has 0 aliphatic carbocycles. The number of hydrogen-bond donors (Lipinski definition) is 2. The highest BCUT2D eigenvalue weighted by atomic mass is 19.4. The Morgan fingerprint density at radius 3 is 2.35 bits per heavy atom. The molecule has 1 unspecified atom stereocenters. The molecule has 0 heterocycles. The monoisotopic (exact) mass is 288 g/mol. The second kappa shape index (κ2) is 6.26. The molecule has 0 fully saturated rings. The van der Waals surface area contributed by atoms with Gasteiger partial charge in [-0.2, -0.15) is 13.2 Å². The van der Waals surface area contributed by atoms with Crippen LogP contribution in [0.3, 0.4) is 0 Å². The summed E-state index contributed by atoms with van der Waals surface area (Å²) in [4.78, 5) is 11.9. The largest absolute Gasteiger partial charge is 0.416 e. The molecule has 0 spiro atoms. The van der Waals surface area contributed by atoms with Crippen LogP contribution < -0.4 is 11.1 Å². The van der Waals surface area contributed by atoms with Crippen LogP contribution in [0.25, 0.3) is 0 Å². The van der Waals surface area contributed by atoms with Gasteiger partial charge in [-0.1, -0.05) is 26.8 Å². The Kier molecular flexibility index (Phi) is 5.16. The fraction of sp³-hybridized carbons (Fsp3) is 0.500. The van der Waals surface area contributed by atoms with Gasteiger partial charge in [0, 0.05) is 18.2 Å². The molecule has 0 aromatic heterocycles. The van der Waals surface area contributed by atoms with Gasteiger partial charge < -0.3 is 11.1 Å². The Hall–Kier alpha value is -1.56. The van der Waals surface area contributed by atoms with Crippen LogP contribution in [0.15, 0.2) is 18.2 Å². The van der Waals surface area contributed by atoms with Crippen molar-refractivity contribution in [2.45, 2.75) is 33.5 Å². The van der Waals surface area contributed by atoms with E-state index < -0.39 is 11.7 Å². The summed E-state index contributed by atoms with van der Waals surface area (Å²) in [5.74, 6) is -0.465. The summed E-state index contributed by atoms with van der Waals surface area (Å²) in [6.45, 7) is 5.29. The highest BCUT2D eigenvalue weighted by molar-refractivity contribution is 5.92. The number of nitrogens with one attached hydrogen (secondary N) is 1. The number of nitrogens with two attached hydrogens (primary N) is 1. The van der Waals surface area contributed by atoms with Crippen LogP contribution in [0.1, 0.15) is 31.9 Å². The molecule has 3 N–H and O–H groups in total. The van der Waals surface area contributed by atoms with Gasteiger partial charge in [-0.05, 0) is 23.6 Å². The first kappa shape index (κ1) is 16.5. The summed E-state index contributed by atoms with van der Waals surface area (Å²) in [6, 6.07) is 3.65. The van der Waals surface area contributed by atoms with Gasteiger partial charge in [0.05, 0.1) is 5.56 Å². The normalized spacial score (nSPS) is 13.4. The lowest BCUT2D eigenvalue weighted by molar-refractivity contribution is -0.138. The van der Waals surface area contributed by atoms with Crippen molar-refractivity contribution in [3.05, 3.63) is 29.3 Å². The Balaban J connectivity index is 3.01. The van der Waals surface area contributed by atoms with Crippen molar-refractivity contribution in [2.24, 2.45) is 17.6 Å². The van der Waals surface area contributed by atoms with Crippen LogP contribution in [0, 0.1) is 11.8 Å². The predicted octanol–water partition coefficient (Wildman–Crippen LogP) is 3.39. The second-order valence-corrected chi connectivity index (χ2v) is 5.10. The minimum absolute atomic E-state index is 0.00686. The maximum Gasteiger partial charge on any atom is 0.416 e. The molecule has 6 heteroatoms. The molecule has 112 valence electrons. The molecule has 1 aromatic carbocycles. The van der Waals surface area contributed by atoms with E-state index in [1.165, 1.54) is 12.1 Å². The van der Waals surface area contributed by atoms with Crippen LogP contribution in [0.4, 0.5) is 18.9 Å². The standard InChI is InChI=1S/C14H19F3N2O/c1-8(2)9(3)13(20)19-11-5-4-10(7-18)12(6-11)14(15,16)17/h4-6,8-9H,7,18H2,1-3H3,(H,19,20). The van der Waals surface area contributed by atoms with Crippen molar-refractivity contribution in [1.29, 1.82) is 0 Å². The maximum absolute atomic E-state index is 12.9. The summed E-state index contributed by atoms with van der Waals surface area (Å²) in [5, 5.41) is 2.51. The molecule has 0 aliphatic heterocycles. The molecule has 3 nitrogen and oxygen atoms in total. The fourth-order valence-electron chi connectivity index (χ4n) is 1.65. The summed E-state index contributed by atoms with van der Waals surface area (Å²) in [6.07, 6.45) is -4.49. The van der Waals surface area contributed by atoms with Crippen LogP contribution in [0.5, 0.6) is 0 Å². The topological polar surface area (TPSA) is 55.1 Å². The molecule has 0 aliphatic rings. The minimum atomic E-state index is -4.49. The van der Waals surface area contributed by atoms with Crippen LogP contribution >= 0.6 is 0 Å². The predicted molar refractivity (Wildman–Crippen MR) is 72.0 cm³/mol. The van der Waals surface area contributed by atoms with E-state index in [9.17, 15) is 18.0 Å². The zero-order chi connectivity index (χ0) is 15.5. The highest BCUT2D eigenvalue weighted by Gasteiger charge is 2.33. The third-order valence-corrected chi connectivity index (χ3v) is 3.32. The summed E-state index contributed by atoms with van der Waals surface area (Å²) >= 11 is 0. The van der Waals surface area contributed by atoms with Gasteiger partial charge in [-0.3, -0.25) is 4.79 Å². The lowest BCUT2D eigenvalue weighted by Gasteiger charge is -2.17. The van der Waals surface area contributed by atoms with Crippen LogP contribution in [-0.4, -0.2) is 5.91 Å². The Morgan fingerprint density at radius 1 is 1.30 bits per heavy atom. The SMILES string of the molecule is CC(C)C(C)C(=O)Nc1ccc(CN)c(C(F)(F)F)c1. The van der Waals surface area contributed by atoms with E-state index in [2.05, 4.69) is 5.32 Å². The van der Waals surface area contributed by atoms with E-state index in [0.29, 0.717) is 0 Å². The van der Waals surface area contributed by atoms with Gasteiger partial charge in [0.1, 0.15) is 0 Å². The van der Waals surface area contributed by atoms with Gasteiger partial charge in [-0.25, -0.2) is 0 Å². The van der Waals surface area contributed by atoms with Crippen LogP contribution in [0.2, 0.25) is 0 Å². The number of anilines is 1. The van der Waals surface area contributed by atoms with Crippen molar-refractivity contribution in [3.63, 3.8) is 0 Å². The number of halogens is 3. The van der Waals surface area contributed by atoms with Gasteiger partial charge >= 0.3 is 6.18 Å². The Labute approximate surface area is 116 Å². The molecule has 20 heavy (non-hydrogen) atoms. The molecule has 1 aromatic rings. The third-order valence-electron chi connectivity index (χ3n) is 3.32. The van der Waals surface area contributed by atoms with E-state index in [1.54, 1.807) is 6.92 Å². The third kappa shape index (κ3) is 3.96. The van der Waals surface area contributed by atoms with Gasteiger partial charge in [-0.15, -0.1) is 0 Å². The summed E-state index contributed by atoms with van der Waals surface area (Å²) in [5.41, 5.74) is 4.63. The molecule has 0 saturated heterocycles. The quantitative estimate of drug-likeness (QED) is 0.892. The minimum Gasteiger partial charge on any atom is -0.326 e. The molecule has 0 bridgehead atoms. The van der Waals surface area contributed by atoms with Crippen molar-refractivity contribution < 1.29 is 18.0 Å². The molecular weight excluding hydrogens is 269 g/mol. The highest BCUT2D eigenvalue weighted by Crippen LogP contribution is 2.33. The molecular formula is C14H19F3N2O. The average Bonchev–Trinajstić information content (AvgIpc) is 2.36. The first-order valence-electron chi connectivity index (χ1n) is 6.37. The van der Waals surface area contributed by atoms with Crippen molar-refractivity contribution in [1.82, 2.24) is 0 Å². The van der Waals surface area contributed by atoms with E-state index in [-0.39, 0.29) is 35.5 Å². The fourth-order valence-corrected chi connectivity index (χ4v) is 1.65. The summed E-state index contributed by atoms with van der Waals surface area (Å²) in [7, 11) is 0. The number of carbonyl (C=O) groups is 1.